The highest BCUT2D eigenvalue weighted by atomic mass is 16.5. The molecule has 2 fully saturated rings. The van der Waals surface area contributed by atoms with Crippen molar-refractivity contribution < 1.29 is 9.47 Å². The fourth-order valence-corrected chi connectivity index (χ4v) is 3.93. The predicted molar refractivity (Wildman–Crippen MR) is 88.9 cm³/mol. The summed E-state index contributed by atoms with van der Waals surface area (Å²) in [7, 11) is 3.38. The predicted octanol–water partition coefficient (Wildman–Crippen LogP) is 2.46. The van der Waals surface area contributed by atoms with Crippen LogP contribution in [0.15, 0.2) is 18.2 Å². The smallest absolute Gasteiger partial charge is 0.160 e. The van der Waals surface area contributed by atoms with Crippen LogP contribution < -0.4 is 14.8 Å². The van der Waals surface area contributed by atoms with Crippen LogP contribution in [-0.4, -0.2) is 50.8 Å². The Labute approximate surface area is 133 Å². The van der Waals surface area contributed by atoms with Crippen LogP contribution in [0, 0.1) is 0 Å². The Bertz CT molecular complexity index is 490. The molecule has 4 nitrogen and oxygen atoms in total. The molecule has 2 atom stereocenters. The summed E-state index contributed by atoms with van der Waals surface area (Å²) in [5.41, 5.74) is 1.32. The molecule has 0 unspecified atom stereocenters. The number of piperazine rings is 1. The van der Waals surface area contributed by atoms with E-state index in [4.69, 9.17) is 9.47 Å². The van der Waals surface area contributed by atoms with Crippen molar-refractivity contribution in [3.63, 3.8) is 0 Å². The van der Waals surface area contributed by atoms with Crippen LogP contribution in [0.1, 0.15) is 31.2 Å². The maximum atomic E-state index is 5.41. The van der Waals surface area contributed by atoms with Gasteiger partial charge in [0.25, 0.3) is 0 Å². The monoisotopic (exact) mass is 304 g/mol. The van der Waals surface area contributed by atoms with Gasteiger partial charge < -0.3 is 14.8 Å². The minimum Gasteiger partial charge on any atom is -0.493 e. The van der Waals surface area contributed by atoms with Crippen molar-refractivity contribution in [2.45, 2.75) is 44.2 Å². The highest BCUT2D eigenvalue weighted by Gasteiger charge is 2.32. The van der Waals surface area contributed by atoms with Crippen LogP contribution in [0.5, 0.6) is 11.5 Å². The number of methoxy groups -OCH3 is 2. The molecular weight excluding hydrogens is 276 g/mol. The number of fused-ring (bicyclic) bond motifs is 1. The third kappa shape index (κ3) is 3.39. The summed E-state index contributed by atoms with van der Waals surface area (Å²) in [6.07, 6.45) is 6.54. The molecule has 122 valence electrons. The molecule has 3 rings (SSSR count). The first-order valence-electron chi connectivity index (χ1n) is 8.50. The number of ether oxygens (including phenoxy) is 2. The fraction of sp³-hybridized carbons (Fsp3) is 0.667. The maximum Gasteiger partial charge on any atom is 0.160 e. The summed E-state index contributed by atoms with van der Waals surface area (Å²) in [5.74, 6) is 1.64. The largest absolute Gasteiger partial charge is 0.493 e. The molecule has 1 aromatic carbocycles. The topological polar surface area (TPSA) is 33.7 Å². The Morgan fingerprint density at radius 1 is 1.14 bits per heavy atom. The second-order valence-electron chi connectivity index (χ2n) is 6.39. The van der Waals surface area contributed by atoms with E-state index in [1.165, 1.54) is 37.8 Å². The van der Waals surface area contributed by atoms with Crippen molar-refractivity contribution in [2.75, 3.05) is 33.9 Å². The van der Waals surface area contributed by atoms with Crippen LogP contribution >= 0.6 is 0 Å². The van der Waals surface area contributed by atoms with Crippen LogP contribution in [0.25, 0.3) is 0 Å². The Morgan fingerprint density at radius 2 is 1.95 bits per heavy atom. The molecule has 1 aliphatic carbocycles. The lowest BCUT2D eigenvalue weighted by molar-refractivity contribution is 0.0893. The number of rotatable bonds is 5. The summed E-state index contributed by atoms with van der Waals surface area (Å²) in [4.78, 5) is 2.69. The molecule has 1 saturated carbocycles. The second kappa shape index (κ2) is 7.34. The zero-order valence-electron chi connectivity index (χ0n) is 13.8. The van der Waals surface area contributed by atoms with Gasteiger partial charge in [-0.2, -0.15) is 0 Å². The van der Waals surface area contributed by atoms with Crippen LogP contribution in [0.2, 0.25) is 0 Å². The molecule has 0 radical (unpaired) electrons. The third-order valence-corrected chi connectivity index (χ3v) is 5.14. The van der Waals surface area contributed by atoms with Gasteiger partial charge in [0.2, 0.25) is 0 Å². The van der Waals surface area contributed by atoms with E-state index < -0.39 is 0 Å². The standard InChI is InChI=1S/C18H28N2O2/c1-21-17-8-7-14(13-18(17)22-2)9-11-20-12-10-19-15-5-3-4-6-16(15)20/h7-8,13,15-16,19H,3-6,9-12H2,1-2H3/t15-,16-/m0/s1. The molecule has 22 heavy (non-hydrogen) atoms. The van der Waals surface area contributed by atoms with Gasteiger partial charge in [0.05, 0.1) is 14.2 Å². The SMILES string of the molecule is COc1ccc(CCN2CCN[C@H]3CCCC[C@@H]32)cc1OC. The second-order valence-corrected chi connectivity index (χ2v) is 6.39. The minimum absolute atomic E-state index is 0.716. The number of benzene rings is 1. The molecule has 0 spiro atoms. The highest BCUT2D eigenvalue weighted by Crippen LogP contribution is 2.29. The van der Waals surface area contributed by atoms with E-state index in [1.807, 2.05) is 6.07 Å². The molecule has 0 amide bonds. The fourth-order valence-electron chi connectivity index (χ4n) is 3.93. The molecule has 2 aliphatic rings. The quantitative estimate of drug-likeness (QED) is 0.906. The Morgan fingerprint density at radius 3 is 2.77 bits per heavy atom. The zero-order chi connectivity index (χ0) is 15.4. The first-order chi connectivity index (χ1) is 10.8. The molecule has 1 N–H and O–H groups in total. The van der Waals surface area contributed by atoms with E-state index >= 15 is 0 Å². The van der Waals surface area contributed by atoms with Gasteiger partial charge in [0.1, 0.15) is 0 Å². The van der Waals surface area contributed by atoms with Crippen LogP contribution in [-0.2, 0) is 6.42 Å². The van der Waals surface area contributed by atoms with Gasteiger partial charge in [-0.05, 0) is 37.0 Å². The van der Waals surface area contributed by atoms with Crippen molar-refractivity contribution in [1.82, 2.24) is 10.2 Å². The molecular formula is C18H28N2O2. The van der Waals surface area contributed by atoms with E-state index in [9.17, 15) is 0 Å². The summed E-state index contributed by atoms with van der Waals surface area (Å²) in [6, 6.07) is 7.73. The van der Waals surface area contributed by atoms with Crippen molar-refractivity contribution in [2.24, 2.45) is 0 Å². The molecule has 0 bridgehead atoms. The normalized spacial score (nSPS) is 25.5. The Hall–Kier alpha value is -1.26. The number of hydrogen-bond donors (Lipinski definition) is 1. The van der Waals surface area contributed by atoms with Gasteiger partial charge in [-0.1, -0.05) is 18.9 Å². The highest BCUT2D eigenvalue weighted by molar-refractivity contribution is 5.42. The van der Waals surface area contributed by atoms with Gasteiger partial charge in [0.15, 0.2) is 11.5 Å². The zero-order valence-corrected chi connectivity index (χ0v) is 13.8. The average molecular weight is 304 g/mol. The van der Waals surface area contributed by atoms with Gasteiger partial charge in [-0.3, -0.25) is 4.90 Å². The molecule has 0 aromatic heterocycles. The van der Waals surface area contributed by atoms with Gasteiger partial charge in [-0.25, -0.2) is 0 Å². The van der Waals surface area contributed by atoms with Gasteiger partial charge >= 0.3 is 0 Å². The van der Waals surface area contributed by atoms with Gasteiger partial charge in [0, 0.05) is 31.7 Å². The van der Waals surface area contributed by atoms with E-state index in [1.54, 1.807) is 14.2 Å². The average Bonchev–Trinajstić information content (AvgIpc) is 2.59. The first kappa shape index (κ1) is 15.6. The molecule has 4 heteroatoms. The molecule has 1 saturated heterocycles. The van der Waals surface area contributed by atoms with Gasteiger partial charge in [-0.15, -0.1) is 0 Å². The Kier molecular flexibility index (Phi) is 5.21. The molecule has 1 aromatic rings. The third-order valence-electron chi connectivity index (χ3n) is 5.14. The summed E-state index contributed by atoms with van der Waals surface area (Å²) >= 11 is 0. The van der Waals surface area contributed by atoms with Crippen LogP contribution in [0.3, 0.4) is 0 Å². The lowest BCUT2D eigenvalue weighted by Crippen LogP contribution is -2.59. The van der Waals surface area contributed by atoms with E-state index in [0.717, 1.165) is 37.1 Å². The van der Waals surface area contributed by atoms with Crippen LogP contribution in [0.4, 0.5) is 0 Å². The van der Waals surface area contributed by atoms with E-state index in [0.29, 0.717) is 6.04 Å². The van der Waals surface area contributed by atoms with Crippen molar-refractivity contribution in [3.05, 3.63) is 23.8 Å². The Balaban J connectivity index is 1.61. The number of hydrogen-bond acceptors (Lipinski definition) is 4. The van der Waals surface area contributed by atoms with Crippen molar-refractivity contribution >= 4 is 0 Å². The lowest BCUT2D eigenvalue weighted by atomic mass is 9.87. The van der Waals surface area contributed by atoms with E-state index in [-0.39, 0.29) is 0 Å². The molecule has 1 aliphatic heterocycles. The van der Waals surface area contributed by atoms with E-state index in [2.05, 4.69) is 22.3 Å². The number of nitrogens with one attached hydrogen (secondary N) is 1. The van der Waals surface area contributed by atoms with Crippen molar-refractivity contribution in [1.29, 1.82) is 0 Å². The van der Waals surface area contributed by atoms with Crippen molar-refractivity contribution in [3.8, 4) is 11.5 Å². The minimum atomic E-state index is 0.716. The maximum absolute atomic E-state index is 5.41. The summed E-state index contributed by atoms with van der Waals surface area (Å²) in [6.45, 7) is 3.44. The number of nitrogens with zero attached hydrogens (tertiary/aromatic N) is 1. The molecule has 1 heterocycles. The summed E-state index contributed by atoms with van der Waals surface area (Å²) in [5, 5.41) is 3.70. The summed E-state index contributed by atoms with van der Waals surface area (Å²) < 4.78 is 10.7. The first-order valence-corrected chi connectivity index (χ1v) is 8.50. The lowest BCUT2D eigenvalue weighted by Gasteiger charge is -2.44.